The molecule has 0 rings (SSSR count). The standard InChI is InChI=1S/3C2H5.BrH.Pb/c3*1-2;;/h3*1H2,2H3;1H;/q;;;;+1/p-1. The van der Waals surface area contributed by atoms with Gasteiger partial charge in [-0.2, -0.15) is 0 Å². The summed E-state index contributed by atoms with van der Waals surface area (Å²) < 4.78 is 4.38. The van der Waals surface area contributed by atoms with Crippen molar-refractivity contribution < 1.29 is 0 Å². The van der Waals surface area contributed by atoms with E-state index in [0.29, 0.717) is 0 Å². The summed E-state index contributed by atoms with van der Waals surface area (Å²) >= 11 is 2.27. The molecule has 0 unspecified atom stereocenters. The monoisotopic (exact) mass is 374 g/mol. The van der Waals surface area contributed by atoms with Gasteiger partial charge in [-0.3, -0.25) is 0 Å². The number of hydrogen-bond donors (Lipinski definition) is 0. The Hall–Kier alpha value is 1.40. The van der Waals surface area contributed by atoms with Crippen molar-refractivity contribution >= 4 is 30.7 Å². The van der Waals surface area contributed by atoms with E-state index in [4.69, 9.17) is 0 Å². The van der Waals surface area contributed by atoms with Crippen LogP contribution in [0.3, 0.4) is 0 Å². The van der Waals surface area contributed by atoms with Crippen molar-refractivity contribution in [3.63, 3.8) is 0 Å². The Balaban J connectivity index is 3.58. The fraction of sp³-hybridized carbons (Fsp3) is 1.00. The van der Waals surface area contributed by atoms with Crippen LogP contribution in [0.15, 0.2) is 0 Å². The first kappa shape index (κ1) is 9.40. The van der Waals surface area contributed by atoms with Gasteiger partial charge in [0.25, 0.3) is 0 Å². The fourth-order valence-electron chi connectivity index (χ4n) is 0.750. The maximum atomic E-state index is 3.90. The first-order valence-electron chi connectivity index (χ1n) is 3.37. The van der Waals surface area contributed by atoms with E-state index in [9.17, 15) is 0 Å². The zero-order chi connectivity index (χ0) is 6.62. The molecule has 0 atom stereocenters. The van der Waals surface area contributed by atoms with Crippen molar-refractivity contribution in [2.45, 2.75) is 32.7 Å². The second-order valence-corrected chi connectivity index (χ2v) is 34.2. The van der Waals surface area contributed by atoms with E-state index in [1.54, 1.807) is 0 Å². The molecule has 0 saturated heterocycles. The first-order valence-corrected chi connectivity index (χ1v) is 20.0. The summed E-state index contributed by atoms with van der Waals surface area (Å²) in [6.45, 7) is 6.97. The third-order valence-electron chi connectivity index (χ3n) is 1.90. The normalized spacial score (nSPS) is 12.0. The van der Waals surface area contributed by atoms with Gasteiger partial charge in [0.1, 0.15) is 0 Å². The molecule has 0 N–H and O–H groups in total. The molecule has 0 fully saturated rings. The molecule has 0 aliphatic rings. The molecule has 0 spiro atoms. The van der Waals surface area contributed by atoms with Crippen LogP contribution in [0.5, 0.6) is 0 Å². The summed E-state index contributed by atoms with van der Waals surface area (Å²) in [7, 11) is 0. The molecule has 0 amide bonds. The molecule has 2 heteroatoms. The van der Waals surface area contributed by atoms with E-state index < -0.39 is 18.8 Å². The molecule has 0 saturated carbocycles. The molecule has 0 radical (unpaired) electrons. The maximum absolute atomic E-state index is 3.90. The van der Waals surface area contributed by atoms with E-state index in [-0.39, 0.29) is 0 Å². The van der Waals surface area contributed by atoms with Gasteiger partial charge in [0.2, 0.25) is 0 Å². The van der Waals surface area contributed by atoms with Gasteiger partial charge in [-0.05, 0) is 0 Å². The molecule has 0 aromatic rings. The van der Waals surface area contributed by atoms with Crippen LogP contribution in [0.1, 0.15) is 20.8 Å². The Morgan fingerprint density at radius 3 is 1.25 bits per heavy atom. The summed E-state index contributed by atoms with van der Waals surface area (Å²) in [5.41, 5.74) is 0. The number of halogens is 1. The molecule has 0 aliphatic heterocycles. The van der Waals surface area contributed by atoms with Gasteiger partial charge in [-0.15, -0.1) is 0 Å². The van der Waals surface area contributed by atoms with Gasteiger partial charge in [0.05, 0.1) is 0 Å². The van der Waals surface area contributed by atoms with Crippen molar-refractivity contribution in [2.75, 3.05) is 0 Å². The van der Waals surface area contributed by atoms with Crippen LogP contribution in [-0.2, 0) is 0 Å². The quantitative estimate of drug-likeness (QED) is 0.665. The Kier molecular flexibility index (Phi) is 5.00. The van der Waals surface area contributed by atoms with Gasteiger partial charge in [-0.25, -0.2) is 0 Å². The molecule has 8 heavy (non-hydrogen) atoms. The van der Waals surface area contributed by atoms with Gasteiger partial charge in [0.15, 0.2) is 0 Å². The topological polar surface area (TPSA) is 0 Å². The SMILES string of the molecule is C[CH2][Pb]([Br])([CH2]C)[CH2]C. The van der Waals surface area contributed by atoms with E-state index in [0.717, 1.165) is 0 Å². The predicted molar refractivity (Wildman–Crippen MR) is 46.1 cm³/mol. The number of hydrogen-bond acceptors (Lipinski definition) is 0. The van der Waals surface area contributed by atoms with E-state index in [2.05, 4.69) is 32.8 Å². The zero-order valence-corrected chi connectivity index (χ0v) is 11.5. The molecular weight excluding hydrogens is 359 g/mol. The minimum atomic E-state index is -1.64. The zero-order valence-electron chi connectivity index (χ0n) is 6.00. The molecule has 0 heterocycles. The van der Waals surface area contributed by atoms with Crippen molar-refractivity contribution in [2.24, 2.45) is 0 Å². The van der Waals surface area contributed by atoms with Crippen LogP contribution in [0.25, 0.3) is 0 Å². The molecule has 0 aromatic heterocycles. The van der Waals surface area contributed by atoms with Crippen LogP contribution in [0, 0.1) is 0 Å². The molecule has 0 aromatic carbocycles. The van der Waals surface area contributed by atoms with Gasteiger partial charge in [0, 0.05) is 0 Å². The summed E-state index contributed by atoms with van der Waals surface area (Å²) in [5, 5.41) is 0. The third kappa shape index (κ3) is 2.80. The van der Waals surface area contributed by atoms with Crippen LogP contribution < -0.4 is 0 Å². The fourth-order valence-corrected chi connectivity index (χ4v) is 6.58. The Bertz CT molecular complexity index is 51.3. The Labute approximate surface area is 63.0 Å². The molecular formula is C6H15BrPb. The second-order valence-electron chi connectivity index (χ2n) is 2.21. The average Bonchev–Trinajstić information content (AvgIpc) is 1.87. The van der Waals surface area contributed by atoms with Gasteiger partial charge < -0.3 is 0 Å². The van der Waals surface area contributed by atoms with E-state index in [1.807, 2.05) is 0 Å². The summed E-state index contributed by atoms with van der Waals surface area (Å²) in [6, 6.07) is 0. The predicted octanol–water partition coefficient (Wildman–Crippen LogP) is 3.39. The molecule has 0 aliphatic carbocycles. The van der Waals surface area contributed by atoms with E-state index >= 15 is 0 Å². The molecule has 50 valence electrons. The Morgan fingerprint density at radius 2 is 1.25 bits per heavy atom. The van der Waals surface area contributed by atoms with Crippen molar-refractivity contribution in [1.82, 2.24) is 0 Å². The minimum absolute atomic E-state index is 1.46. The molecule has 0 bridgehead atoms. The summed E-state index contributed by atoms with van der Waals surface area (Å²) in [4.78, 5) is 0. The summed E-state index contributed by atoms with van der Waals surface area (Å²) in [6.07, 6.45) is 0. The molecule has 0 nitrogen and oxygen atoms in total. The first-order chi connectivity index (χ1) is 3.68. The third-order valence-corrected chi connectivity index (χ3v) is 31.4. The van der Waals surface area contributed by atoms with Crippen LogP contribution in [-0.4, -0.2) is 18.8 Å². The second kappa shape index (κ2) is 4.25. The van der Waals surface area contributed by atoms with Crippen LogP contribution >= 0.6 is 12.0 Å². The van der Waals surface area contributed by atoms with Crippen molar-refractivity contribution in [3.8, 4) is 0 Å². The van der Waals surface area contributed by atoms with Crippen LogP contribution in [0.4, 0.5) is 0 Å². The van der Waals surface area contributed by atoms with Crippen molar-refractivity contribution in [3.05, 3.63) is 0 Å². The average molecular weight is 374 g/mol. The van der Waals surface area contributed by atoms with Gasteiger partial charge >= 0.3 is 63.5 Å². The summed E-state index contributed by atoms with van der Waals surface area (Å²) in [5.74, 6) is 0. The van der Waals surface area contributed by atoms with E-state index in [1.165, 1.54) is 11.9 Å². The van der Waals surface area contributed by atoms with Gasteiger partial charge in [-0.1, -0.05) is 0 Å². The number of rotatable bonds is 3. The van der Waals surface area contributed by atoms with Crippen LogP contribution in [0.2, 0.25) is 11.9 Å². The van der Waals surface area contributed by atoms with Crippen molar-refractivity contribution in [1.29, 1.82) is 0 Å². The Morgan fingerprint density at radius 1 is 1.00 bits per heavy atom.